The summed E-state index contributed by atoms with van der Waals surface area (Å²) in [5, 5.41) is 9.57. The first kappa shape index (κ1) is 7.33. The molecule has 0 aromatic rings. The van der Waals surface area contributed by atoms with Crippen molar-refractivity contribution in [2.24, 2.45) is 5.92 Å². The number of carbonyl (C=O) groups is 1. The molecule has 2 nitrogen and oxygen atoms in total. The fourth-order valence-corrected chi connectivity index (χ4v) is 0.167. The Morgan fingerprint density at radius 3 is 1.88 bits per heavy atom. The Labute approximate surface area is 45.1 Å². The molecule has 0 aromatic carbocycles. The van der Waals surface area contributed by atoms with Crippen molar-refractivity contribution in [3.63, 3.8) is 0 Å². The van der Waals surface area contributed by atoms with Crippen molar-refractivity contribution in [1.29, 1.82) is 0 Å². The lowest BCUT2D eigenvalue weighted by atomic mass is 10.2. The van der Waals surface area contributed by atoms with Crippen molar-refractivity contribution < 1.29 is 18.7 Å². The van der Waals surface area contributed by atoms with Crippen LogP contribution in [0.5, 0.6) is 0 Å². The summed E-state index contributed by atoms with van der Waals surface area (Å²) >= 11 is 0. The summed E-state index contributed by atoms with van der Waals surface area (Å²) in [6.07, 6.45) is 0. The minimum absolute atomic E-state index is 1.20. The largest absolute Gasteiger partial charge is 0.550 e. The molecule has 0 spiro atoms. The van der Waals surface area contributed by atoms with Crippen LogP contribution in [0.15, 0.2) is 0 Å². The maximum atomic E-state index is 11.2. The van der Waals surface area contributed by atoms with Crippen molar-refractivity contribution in [1.82, 2.24) is 0 Å². The predicted octanol–water partition coefficient (Wildman–Crippen LogP) is -0.709. The molecule has 0 unspecified atom stereocenters. The zero-order valence-corrected chi connectivity index (χ0v) is 4.06. The van der Waals surface area contributed by atoms with Crippen LogP contribution in [-0.4, -0.2) is 19.3 Å². The smallest absolute Gasteiger partial charge is 0.0999 e. The van der Waals surface area contributed by atoms with Crippen molar-refractivity contribution in [3.8, 4) is 0 Å². The van der Waals surface area contributed by atoms with Gasteiger partial charge >= 0.3 is 0 Å². The van der Waals surface area contributed by atoms with E-state index in [0.717, 1.165) is 0 Å². The number of carboxylic acid groups (broad SMARTS) is 1. The van der Waals surface area contributed by atoms with Gasteiger partial charge in [-0.2, -0.15) is 0 Å². The molecule has 0 aromatic heterocycles. The van der Waals surface area contributed by atoms with Gasteiger partial charge in [-0.15, -0.1) is 0 Å². The summed E-state index contributed by atoms with van der Waals surface area (Å²) in [5.74, 6) is -3.25. The fourth-order valence-electron chi connectivity index (χ4n) is 0.167. The van der Waals surface area contributed by atoms with E-state index in [1.54, 1.807) is 0 Å². The number of alkyl halides is 2. The fraction of sp³-hybridized carbons (Fsp3) is 0.750. The van der Waals surface area contributed by atoms with E-state index in [-0.39, 0.29) is 0 Å². The van der Waals surface area contributed by atoms with E-state index in [1.165, 1.54) is 0 Å². The highest BCUT2D eigenvalue weighted by Gasteiger charge is 2.06. The maximum Gasteiger partial charge on any atom is 0.0999 e. The Morgan fingerprint density at radius 2 is 1.88 bits per heavy atom. The van der Waals surface area contributed by atoms with Gasteiger partial charge in [-0.3, -0.25) is 8.78 Å². The lowest BCUT2D eigenvalue weighted by molar-refractivity contribution is -0.312. The third kappa shape index (κ3) is 1.86. The molecule has 0 aliphatic heterocycles. The van der Waals surface area contributed by atoms with Gasteiger partial charge in [0.05, 0.1) is 19.3 Å². The average Bonchev–Trinajstić information content (AvgIpc) is 1.69. The molecular formula is C4H5F2O2-. The summed E-state index contributed by atoms with van der Waals surface area (Å²) < 4.78 is 22.5. The molecule has 0 fully saturated rings. The van der Waals surface area contributed by atoms with Crippen LogP contribution in [0.4, 0.5) is 8.78 Å². The Morgan fingerprint density at radius 1 is 1.50 bits per heavy atom. The van der Waals surface area contributed by atoms with Crippen LogP contribution in [-0.2, 0) is 4.79 Å². The quantitative estimate of drug-likeness (QED) is 0.497. The average molecular weight is 123 g/mol. The van der Waals surface area contributed by atoms with Crippen LogP contribution in [0.2, 0.25) is 0 Å². The van der Waals surface area contributed by atoms with E-state index in [9.17, 15) is 18.7 Å². The van der Waals surface area contributed by atoms with E-state index in [1.807, 2.05) is 0 Å². The minimum Gasteiger partial charge on any atom is -0.550 e. The molecule has 0 atom stereocenters. The number of hydrogen-bond donors (Lipinski definition) is 0. The predicted molar refractivity (Wildman–Crippen MR) is 20.4 cm³/mol. The number of aliphatic carboxylic acids is 1. The summed E-state index contributed by atoms with van der Waals surface area (Å²) in [7, 11) is 0. The zero-order chi connectivity index (χ0) is 6.57. The molecule has 0 N–H and O–H groups in total. The molecule has 4 heteroatoms. The van der Waals surface area contributed by atoms with Gasteiger partial charge in [0.1, 0.15) is 0 Å². The second-order valence-electron chi connectivity index (χ2n) is 1.32. The highest BCUT2D eigenvalue weighted by atomic mass is 19.1. The molecular weight excluding hydrogens is 118 g/mol. The Kier molecular flexibility index (Phi) is 3.07. The summed E-state index contributed by atoms with van der Waals surface area (Å²) in [5.41, 5.74) is 0. The van der Waals surface area contributed by atoms with Crippen LogP contribution in [0.3, 0.4) is 0 Å². The van der Waals surface area contributed by atoms with Gasteiger partial charge in [0.2, 0.25) is 0 Å². The molecule has 0 heterocycles. The van der Waals surface area contributed by atoms with Crippen molar-refractivity contribution in [2.45, 2.75) is 0 Å². The lowest BCUT2D eigenvalue weighted by Crippen LogP contribution is -2.33. The first-order valence-corrected chi connectivity index (χ1v) is 2.05. The van der Waals surface area contributed by atoms with Crippen molar-refractivity contribution in [2.75, 3.05) is 13.3 Å². The third-order valence-electron chi connectivity index (χ3n) is 0.706. The van der Waals surface area contributed by atoms with Gasteiger partial charge in [0.15, 0.2) is 0 Å². The van der Waals surface area contributed by atoms with E-state index >= 15 is 0 Å². The summed E-state index contributed by atoms with van der Waals surface area (Å²) in [4.78, 5) is 9.57. The maximum absolute atomic E-state index is 11.2. The van der Waals surface area contributed by atoms with Gasteiger partial charge < -0.3 is 9.90 Å². The molecule has 8 heavy (non-hydrogen) atoms. The molecule has 0 bridgehead atoms. The second kappa shape index (κ2) is 3.35. The Balaban J connectivity index is 3.52. The van der Waals surface area contributed by atoms with E-state index in [4.69, 9.17) is 0 Å². The van der Waals surface area contributed by atoms with Gasteiger partial charge in [0.25, 0.3) is 0 Å². The van der Waals surface area contributed by atoms with Gasteiger partial charge in [0, 0.05) is 5.97 Å². The zero-order valence-electron chi connectivity index (χ0n) is 4.06. The number of rotatable bonds is 3. The highest BCUT2D eigenvalue weighted by molar-refractivity contribution is 5.67. The normalized spacial score (nSPS) is 9.88. The molecule has 0 saturated carbocycles. The van der Waals surface area contributed by atoms with Crippen LogP contribution >= 0.6 is 0 Å². The van der Waals surface area contributed by atoms with Crippen LogP contribution in [0.25, 0.3) is 0 Å². The Hall–Kier alpha value is -0.670. The van der Waals surface area contributed by atoms with Gasteiger partial charge in [-0.25, -0.2) is 0 Å². The number of carbonyl (C=O) groups excluding carboxylic acids is 1. The van der Waals surface area contributed by atoms with Crippen LogP contribution in [0, 0.1) is 5.92 Å². The summed E-state index contributed by atoms with van der Waals surface area (Å²) in [6.45, 7) is -2.39. The topological polar surface area (TPSA) is 40.1 Å². The minimum atomic E-state index is -1.67. The monoisotopic (exact) mass is 123 g/mol. The van der Waals surface area contributed by atoms with Gasteiger partial charge in [-0.1, -0.05) is 0 Å². The number of halogens is 2. The van der Waals surface area contributed by atoms with E-state index in [0.29, 0.717) is 0 Å². The molecule has 0 amide bonds. The molecule has 48 valence electrons. The standard InChI is InChI=1S/C4H6F2O2/c5-1-3(2-6)4(7)8/h3H,1-2H2,(H,7,8)/p-1. The molecule has 0 rings (SSSR count). The van der Waals surface area contributed by atoms with Gasteiger partial charge in [-0.05, 0) is 0 Å². The van der Waals surface area contributed by atoms with Crippen LogP contribution in [0.1, 0.15) is 0 Å². The lowest BCUT2D eigenvalue weighted by Gasteiger charge is -2.07. The molecule has 0 radical (unpaired) electrons. The highest BCUT2D eigenvalue weighted by Crippen LogP contribution is 1.94. The Bertz CT molecular complexity index is 80.1. The first-order valence-electron chi connectivity index (χ1n) is 2.05. The number of hydrogen-bond acceptors (Lipinski definition) is 2. The van der Waals surface area contributed by atoms with E-state index in [2.05, 4.69) is 0 Å². The van der Waals surface area contributed by atoms with Crippen molar-refractivity contribution in [3.05, 3.63) is 0 Å². The molecule has 0 aliphatic rings. The number of carboxylic acids is 1. The van der Waals surface area contributed by atoms with Crippen molar-refractivity contribution >= 4 is 5.97 Å². The first-order chi connectivity index (χ1) is 3.72. The SMILES string of the molecule is O=C([O-])C(CF)CF. The molecule has 0 saturated heterocycles. The molecule has 0 aliphatic carbocycles. The summed E-state index contributed by atoms with van der Waals surface area (Å²) in [6, 6.07) is 0. The second-order valence-corrected chi connectivity index (χ2v) is 1.32. The third-order valence-corrected chi connectivity index (χ3v) is 0.706. The van der Waals surface area contributed by atoms with E-state index < -0.39 is 25.2 Å². The van der Waals surface area contributed by atoms with Crippen LogP contribution < -0.4 is 5.11 Å².